The van der Waals surface area contributed by atoms with E-state index >= 15 is 0 Å². The maximum Gasteiger partial charge on any atom is 0.401 e. The monoisotopic (exact) mass is 251 g/mol. The van der Waals surface area contributed by atoms with Crippen molar-refractivity contribution in [2.24, 2.45) is 0 Å². The molecule has 1 spiro atoms. The van der Waals surface area contributed by atoms with Crippen LogP contribution in [-0.2, 0) is 4.74 Å². The Bertz CT molecular complexity index is 243. The first-order chi connectivity index (χ1) is 7.99. The van der Waals surface area contributed by atoms with Crippen molar-refractivity contribution >= 4 is 0 Å². The molecular weight excluding hydrogens is 231 g/mol. The molecule has 17 heavy (non-hydrogen) atoms. The van der Waals surface area contributed by atoms with Crippen LogP contribution in [0.3, 0.4) is 0 Å². The molecule has 0 aromatic carbocycles. The number of rotatable bonds is 2. The number of halogens is 3. The van der Waals surface area contributed by atoms with Gasteiger partial charge in [0.2, 0.25) is 0 Å². The topological polar surface area (TPSA) is 21.3 Å². The van der Waals surface area contributed by atoms with Crippen LogP contribution in [0.1, 0.15) is 44.9 Å². The molecule has 2 fully saturated rings. The first-order valence-electron chi connectivity index (χ1n) is 6.43. The van der Waals surface area contributed by atoms with E-state index in [1.165, 1.54) is 6.42 Å². The lowest BCUT2D eigenvalue weighted by molar-refractivity contribution is -0.137. The molecule has 2 nitrogen and oxygen atoms in total. The normalized spacial score (nSPS) is 29.5. The summed E-state index contributed by atoms with van der Waals surface area (Å²) in [6.07, 6.45) is 2.86. The van der Waals surface area contributed by atoms with E-state index in [0.29, 0.717) is 13.0 Å². The average Bonchev–Trinajstić information content (AvgIpc) is 2.27. The summed E-state index contributed by atoms with van der Waals surface area (Å²) in [7, 11) is 0. The fourth-order valence-corrected chi connectivity index (χ4v) is 3.01. The molecule has 0 aromatic heterocycles. The predicted molar refractivity (Wildman–Crippen MR) is 58.8 cm³/mol. The molecule has 1 unspecified atom stereocenters. The summed E-state index contributed by atoms with van der Waals surface area (Å²) < 4.78 is 42.3. The van der Waals surface area contributed by atoms with E-state index in [4.69, 9.17) is 4.74 Å². The van der Waals surface area contributed by atoms with Gasteiger partial charge in [0.05, 0.1) is 12.1 Å². The minimum atomic E-state index is -4.11. The highest BCUT2D eigenvalue weighted by Gasteiger charge is 2.39. The van der Waals surface area contributed by atoms with Crippen LogP contribution in [0.25, 0.3) is 0 Å². The van der Waals surface area contributed by atoms with E-state index in [1.807, 2.05) is 0 Å². The molecule has 0 radical (unpaired) electrons. The fraction of sp³-hybridized carbons (Fsp3) is 1.00. The molecule has 1 saturated heterocycles. The molecule has 1 heterocycles. The van der Waals surface area contributed by atoms with Gasteiger partial charge in [-0.15, -0.1) is 0 Å². The summed E-state index contributed by atoms with van der Waals surface area (Å²) in [6.45, 7) is -0.288. The molecule has 2 aliphatic rings. The largest absolute Gasteiger partial charge is 0.401 e. The summed E-state index contributed by atoms with van der Waals surface area (Å²) in [6, 6.07) is -0.0384. The molecule has 1 aliphatic heterocycles. The van der Waals surface area contributed by atoms with Gasteiger partial charge < -0.3 is 10.1 Å². The van der Waals surface area contributed by atoms with Crippen LogP contribution >= 0.6 is 0 Å². The molecule has 2 rings (SSSR count). The number of hydrogen-bond acceptors (Lipinski definition) is 2. The summed E-state index contributed by atoms with van der Waals surface area (Å²) in [5, 5.41) is 2.63. The number of alkyl halides is 3. The van der Waals surface area contributed by atoms with Gasteiger partial charge in [0.15, 0.2) is 0 Å². The Morgan fingerprint density at radius 3 is 2.53 bits per heavy atom. The van der Waals surface area contributed by atoms with Gasteiger partial charge in [-0.1, -0.05) is 19.3 Å². The van der Waals surface area contributed by atoms with Crippen LogP contribution < -0.4 is 5.32 Å². The van der Waals surface area contributed by atoms with Gasteiger partial charge in [-0.3, -0.25) is 0 Å². The lowest BCUT2D eigenvalue weighted by Crippen LogP contribution is -2.49. The van der Waals surface area contributed by atoms with E-state index < -0.39 is 12.7 Å². The maximum atomic E-state index is 12.2. The van der Waals surface area contributed by atoms with Crippen LogP contribution in [0.15, 0.2) is 0 Å². The van der Waals surface area contributed by atoms with Crippen LogP contribution in [0, 0.1) is 0 Å². The van der Waals surface area contributed by atoms with Crippen molar-refractivity contribution in [1.82, 2.24) is 5.32 Å². The molecular formula is C12H20F3NO. The third kappa shape index (κ3) is 3.85. The zero-order valence-corrected chi connectivity index (χ0v) is 9.98. The van der Waals surface area contributed by atoms with Gasteiger partial charge >= 0.3 is 6.18 Å². The van der Waals surface area contributed by atoms with Gasteiger partial charge in [-0.2, -0.15) is 13.2 Å². The lowest BCUT2D eigenvalue weighted by atomic mass is 9.78. The quantitative estimate of drug-likeness (QED) is 0.814. The van der Waals surface area contributed by atoms with Crippen molar-refractivity contribution in [3.05, 3.63) is 0 Å². The Balaban J connectivity index is 1.84. The molecule has 0 amide bonds. The minimum absolute atomic E-state index is 0.0384. The van der Waals surface area contributed by atoms with Gasteiger partial charge in [0.25, 0.3) is 0 Å². The second-order valence-electron chi connectivity index (χ2n) is 5.28. The molecule has 100 valence electrons. The first kappa shape index (κ1) is 13.1. The van der Waals surface area contributed by atoms with Gasteiger partial charge in [-0.25, -0.2) is 0 Å². The Morgan fingerprint density at radius 2 is 1.88 bits per heavy atom. The van der Waals surface area contributed by atoms with Gasteiger partial charge in [-0.05, 0) is 25.7 Å². The van der Waals surface area contributed by atoms with Crippen molar-refractivity contribution in [1.29, 1.82) is 0 Å². The van der Waals surface area contributed by atoms with Crippen molar-refractivity contribution in [2.75, 3.05) is 13.2 Å². The Hall–Kier alpha value is -0.290. The summed E-state index contributed by atoms with van der Waals surface area (Å²) in [5.74, 6) is 0. The molecule has 1 aliphatic carbocycles. The van der Waals surface area contributed by atoms with Crippen molar-refractivity contribution in [3.63, 3.8) is 0 Å². The van der Waals surface area contributed by atoms with Crippen LogP contribution in [0.2, 0.25) is 0 Å². The zero-order valence-electron chi connectivity index (χ0n) is 9.98. The molecule has 5 heteroatoms. The van der Waals surface area contributed by atoms with Crippen LogP contribution in [0.4, 0.5) is 13.2 Å². The average molecular weight is 251 g/mol. The van der Waals surface area contributed by atoms with Crippen molar-refractivity contribution in [3.8, 4) is 0 Å². The van der Waals surface area contributed by atoms with E-state index in [2.05, 4.69) is 5.32 Å². The maximum absolute atomic E-state index is 12.2. The van der Waals surface area contributed by atoms with Crippen LogP contribution in [0.5, 0.6) is 0 Å². The third-order valence-corrected chi connectivity index (χ3v) is 3.85. The Labute approximate surface area is 99.9 Å². The highest BCUT2D eigenvalue weighted by Crippen LogP contribution is 2.38. The standard InChI is InChI=1S/C12H20F3NO/c13-12(14,15)9-16-10-4-7-17-11(8-10)5-2-1-3-6-11/h10,16H,1-9H2. The number of nitrogens with one attached hydrogen (secondary N) is 1. The summed E-state index contributed by atoms with van der Waals surface area (Å²) >= 11 is 0. The van der Waals surface area contributed by atoms with Crippen molar-refractivity contribution < 1.29 is 17.9 Å². The second-order valence-corrected chi connectivity index (χ2v) is 5.28. The molecule has 1 N–H and O–H groups in total. The number of hydrogen-bond donors (Lipinski definition) is 1. The number of ether oxygens (including phenoxy) is 1. The highest BCUT2D eigenvalue weighted by molar-refractivity contribution is 4.92. The van der Waals surface area contributed by atoms with Gasteiger partial charge in [0.1, 0.15) is 0 Å². The first-order valence-corrected chi connectivity index (χ1v) is 6.43. The van der Waals surface area contributed by atoms with E-state index in [-0.39, 0.29) is 11.6 Å². The second kappa shape index (κ2) is 5.14. The third-order valence-electron chi connectivity index (χ3n) is 3.85. The van der Waals surface area contributed by atoms with Crippen LogP contribution in [-0.4, -0.2) is 31.0 Å². The van der Waals surface area contributed by atoms with E-state index in [0.717, 1.165) is 32.1 Å². The lowest BCUT2D eigenvalue weighted by Gasteiger charge is -2.43. The predicted octanol–water partition coefficient (Wildman–Crippen LogP) is 3.02. The molecule has 1 saturated carbocycles. The van der Waals surface area contributed by atoms with Gasteiger partial charge in [0, 0.05) is 12.6 Å². The minimum Gasteiger partial charge on any atom is -0.375 e. The molecule has 1 atom stereocenters. The zero-order chi connectivity index (χ0) is 12.4. The van der Waals surface area contributed by atoms with Crippen molar-refractivity contribution in [2.45, 2.75) is 62.8 Å². The summed E-state index contributed by atoms with van der Waals surface area (Å²) in [4.78, 5) is 0. The van der Waals surface area contributed by atoms with E-state index in [1.54, 1.807) is 0 Å². The Morgan fingerprint density at radius 1 is 1.18 bits per heavy atom. The summed E-state index contributed by atoms with van der Waals surface area (Å²) in [5.41, 5.74) is -0.125. The Kier molecular flexibility index (Phi) is 3.98. The smallest absolute Gasteiger partial charge is 0.375 e. The highest BCUT2D eigenvalue weighted by atomic mass is 19.4. The molecule has 0 aromatic rings. The fourth-order valence-electron chi connectivity index (χ4n) is 3.01. The molecule has 0 bridgehead atoms. The van der Waals surface area contributed by atoms with E-state index in [9.17, 15) is 13.2 Å². The SMILES string of the molecule is FC(F)(F)CNC1CCOC2(CCCCC2)C1.